The van der Waals surface area contributed by atoms with Crippen LogP contribution in [-0.4, -0.2) is 11.1 Å². The van der Waals surface area contributed by atoms with Crippen molar-refractivity contribution >= 4 is 34.6 Å². The Bertz CT molecular complexity index is 782. The lowest BCUT2D eigenvalue weighted by Crippen LogP contribution is -2.19. The summed E-state index contributed by atoms with van der Waals surface area (Å²) < 4.78 is 12.9. The van der Waals surface area contributed by atoms with E-state index < -0.39 is 0 Å². The van der Waals surface area contributed by atoms with Gasteiger partial charge in [-0.25, -0.2) is 9.38 Å². The van der Waals surface area contributed by atoms with Crippen molar-refractivity contribution in [3.63, 3.8) is 0 Å². The van der Waals surface area contributed by atoms with Gasteiger partial charge in [0.25, 0.3) is 5.91 Å². The number of amides is 1. The lowest BCUT2D eigenvalue weighted by Gasteiger charge is -1.97. The number of nitrogens with zero attached hydrogens (tertiary/aromatic N) is 1. The molecule has 110 valence electrons. The molecule has 0 atom stereocenters. The molecule has 0 bridgehead atoms. The molecule has 0 aliphatic carbocycles. The first-order valence-corrected chi connectivity index (χ1v) is 7.54. The Hall–Kier alpha value is -2.40. The van der Waals surface area contributed by atoms with Gasteiger partial charge in [0.1, 0.15) is 5.82 Å². The second kappa shape index (κ2) is 6.15. The molecule has 0 aromatic heterocycles. The topological polar surface area (TPSA) is 41.5 Å². The standard InChI is InChI=1S/C17H13FN2OS/c1-11-3-2-4-14(9-11)19-17-20-16(21)15(22-17)10-12-5-7-13(18)8-6-12/h2-10H,1H3,(H,19,20,21)/b15-10-. The van der Waals surface area contributed by atoms with E-state index in [1.807, 2.05) is 31.2 Å². The molecule has 3 nitrogen and oxygen atoms in total. The third-order valence-electron chi connectivity index (χ3n) is 3.05. The molecule has 3 rings (SSSR count). The Labute approximate surface area is 132 Å². The highest BCUT2D eigenvalue weighted by atomic mass is 32.2. The maximum absolute atomic E-state index is 12.9. The fourth-order valence-corrected chi connectivity index (χ4v) is 2.85. The van der Waals surface area contributed by atoms with Crippen LogP contribution in [0, 0.1) is 12.7 Å². The monoisotopic (exact) mass is 312 g/mol. The summed E-state index contributed by atoms with van der Waals surface area (Å²) in [4.78, 5) is 16.9. The molecule has 5 heteroatoms. The number of benzene rings is 2. The first kappa shape index (κ1) is 14.5. The lowest BCUT2D eigenvalue weighted by atomic mass is 10.2. The van der Waals surface area contributed by atoms with E-state index in [2.05, 4.69) is 10.3 Å². The van der Waals surface area contributed by atoms with Gasteiger partial charge in [-0.1, -0.05) is 24.3 Å². The van der Waals surface area contributed by atoms with Gasteiger partial charge >= 0.3 is 0 Å². The molecule has 1 saturated heterocycles. The normalized spacial score (nSPS) is 18.0. The van der Waals surface area contributed by atoms with Crippen LogP contribution in [0.15, 0.2) is 58.4 Å². The van der Waals surface area contributed by atoms with Crippen LogP contribution >= 0.6 is 11.8 Å². The lowest BCUT2D eigenvalue weighted by molar-refractivity contribution is -0.115. The van der Waals surface area contributed by atoms with Gasteiger partial charge in [-0.15, -0.1) is 0 Å². The van der Waals surface area contributed by atoms with Crippen molar-refractivity contribution in [1.29, 1.82) is 0 Å². The number of hydrogen-bond donors (Lipinski definition) is 1. The zero-order valence-corrected chi connectivity index (χ0v) is 12.7. The average molecular weight is 312 g/mol. The SMILES string of the molecule is Cc1cccc(N=C2NC(=O)/C(=C/c3ccc(F)cc3)S2)c1. The van der Waals surface area contributed by atoms with E-state index in [1.54, 1.807) is 18.2 Å². The van der Waals surface area contributed by atoms with Crippen molar-refractivity contribution < 1.29 is 9.18 Å². The molecule has 2 aromatic carbocycles. The van der Waals surface area contributed by atoms with Crippen LogP contribution in [0.3, 0.4) is 0 Å². The van der Waals surface area contributed by atoms with Gasteiger partial charge < -0.3 is 5.32 Å². The minimum Gasteiger partial charge on any atom is -0.300 e. The van der Waals surface area contributed by atoms with E-state index in [0.29, 0.717) is 10.1 Å². The summed E-state index contributed by atoms with van der Waals surface area (Å²) in [6.07, 6.45) is 1.72. The number of aliphatic imine (C=N–C) groups is 1. The molecule has 0 saturated carbocycles. The molecule has 22 heavy (non-hydrogen) atoms. The third kappa shape index (κ3) is 3.43. The molecule has 2 aromatic rings. The fourth-order valence-electron chi connectivity index (χ4n) is 2.01. The largest absolute Gasteiger partial charge is 0.300 e. The summed E-state index contributed by atoms with van der Waals surface area (Å²) in [5.41, 5.74) is 2.68. The zero-order chi connectivity index (χ0) is 15.5. The van der Waals surface area contributed by atoms with E-state index in [9.17, 15) is 9.18 Å². The Kier molecular flexibility index (Phi) is 4.06. The smallest absolute Gasteiger partial charge is 0.264 e. The van der Waals surface area contributed by atoms with Crippen LogP contribution in [0.1, 0.15) is 11.1 Å². The summed E-state index contributed by atoms with van der Waals surface area (Å²) in [6.45, 7) is 1.99. The maximum atomic E-state index is 12.9. The zero-order valence-electron chi connectivity index (χ0n) is 11.8. The number of thioether (sulfide) groups is 1. The summed E-state index contributed by atoms with van der Waals surface area (Å²) >= 11 is 1.28. The van der Waals surface area contributed by atoms with Gasteiger partial charge in [0.15, 0.2) is 5.17 Å². The van der Waals surface area contributed by atoms with Gasteiger partial charge in [0.05, 0.1) is 10.6 Å². The fraction of sp³-hybridized carbons (Fsp3) is 0.0588. The van der Waals surface area contributed by atoms with Crippen molar-refractivity contribution in [2.45, 2.75) is 6.92 Å². The van der Waals surface area contributed by atoms with Crippen molar-refractivity contribution in [2.75, 3.05) is 0 Å². The van der Waals surface area contributed by atoms with Crippen molar-refractivity contribution in [1.82, 2.24) is 5.32 Å². The Balaban J connectivity index is 1.82. The maximum Gasteiger partial charge on any atom is 0.264 e. The molecule has 0 unspecified atom stereocenters. The number of aryl methyl sites for hydroxylation is 1. The van der Waals surface area contributed by atoms with Gasteiger partial charge in [-0.2, -0.15) is 0 Å². The summed E-state index contributed by atoms with van der Waals surface area (Å²) in [5.74, 6) is -0.492. The van der Waals surface area contributed by atoms with Gasteiger partial charge in [0.2, 0.25) is 0 Å². The van der Waals surface area contributed by atoms with Crippen molar-refractivity contribution in [3.8, 4) is 0 Å². The third-order valence-corrected chi connectivity index (χ3v) is 3.96. The molecule has 0 radical (unpaired) electrons. The number of rotatable bonds is 2. The highest BCUT2D eigenvalue weighted by Crippen LogP contribution is 2.28. The van der Waals surface area contributed by atoms with Gasteiger partial charge in [-0.3, -0.25) is 4.79 Å². The van der Waals surface area contributed by atoms with E-state index in [4.69, 9.17) is 0 Å². The van der Waals surface area contributed by atoms with Crippen molar-refractivity contribution in [3.05, 3.63) is 70.4 Å². The number of carbonyl (C=O) groups is 1. The van der Waals surface area contributed by atoms with E-state index >= 15 is 0 Å². The number of nitrogens with one attached hydrogen (secondary N) is 1. The number of halogens is 1. The predicted octanol–water partition coefficient (Wildman–Crippen LogP) is 4.03. The van der Waals surface area contributed by atoms with Crippen LogP contribution in [0.25, 0.3) is 6.08 Å². The minimum absolute atomic E-state index is 0.194. The van der Waals surface area contributed by atoms with E-state index in [1.165, 1.54) is 23.9 Å². The molecule has 1 heterocycles. The van der Waals surface area contributed by atoms with Crippen LogP contribution in [0.5, 0.6) is 0 Å². The predicted molar refractivity (Wildman–Crippen MR) is 88.4 cm³/mol. The molecule has 1 aliphatic rings. The Morgan fingerprint density at radius 2 is 1.95 bits per heavy atom. The van der Waals surface area contributed by atoms with Gasteiger partial charge in [0, 0.05) is 0 Å². The minimum atomic E-state index is -0.299. The average Bonchev–Trinajstić information content (AvgIpc) is 2.81. The molecule has 0 spiro atoms. The van der Waals surface area contributed by atoms with Crippen molar-refractivity contribution in [2.24, 2.45) is 4.99 Å². The highest BCUT2D eigenvalue weighted by Gasteiger charge is 2.23. The van der Waals surface area contributed by atoms with Gasteiger partial charge in [-0.05, 0) is 60.2 Å². The molecular weight excluding hydrogens is 299 g/mol. The first-order chi connectivity index (χ1) is 10.6. The summed E-state index contributed by atoms with van der Waals surface area (Å²) in [5, 5.41) is 3.28. The number of amidine groups is 1. The summed E-state index contributed by atoms with van der Waals surface area (Å²) in [6, 6.07) is 13.7. The quantitative estimate of drug-likeness (QED) is 0.851. The molecule has 1 N–H and O–H groups in total. The molecule has 1 fully saturated rings. The summed E-state index contributed by atoms with van der Waals surface area (Å²) in [7, 11) is 0. The van der Waals surface area contributed by atoms with Crippen LogP contribution in [0.2, 0.25) is 0 Å². The molecule has 1 aliphatic heterocycles. The van der Waals surface area contributed by atoms with E-state index in [-0.39, 0.29) is 11.7 Å². The Morgan fingerprint density at radius 3 is 2.68 bits per heavy atom. The highest BCUT2D eigenvalue weighted by molar-refractivity contribution is 8.18. The Morgan fingerprint density at radius 1 is 1.18 bits per heavy atom. The number of hydrogen-bond acceptors (Lipinski definition) is 3. The first-order valence-electron chi connectivity index (χ1n) is 6.72. The second-order valence-corrected chi connectivity index (χ2v) is 5.90. The molecular formula is C17H13FN2OS. The molecule has 1 amide bonds. The van der Waals surface area contributed by atoms with E-state index in [0.717, 1.165) is 16.8 Å². The second-order valence-electron chi connectivity index (χ2n) is 4.87. The van der Waals surface area contributed by atoms with Crippen LogP contribution in [-0.2, 0) is 4.79 Å². The van der Waals surface area contributed by atoms with Crippen LogP contribution < -0.4 is 5.32 Å². The van der Waals surface area contributed by atoms with Crippen LogP contribution in [0.4, 0.5) is 10.1 Å². The number of carbonyl (C=O) groups excluding carboxylic acids is 1.